The largest absolute Gasteiger partial charge is 0.381 e. The summed E-state index contributed by atoms with van der Waals surface area (Å²) in [4.78, 5) is 11.3. The van der Waals surface area contributed by atoms with Crippen molar-refractivity contribution in [2.75, 3.05) is 22.1 Å². The molecule has 17 heavy (non-hydrogen) atoms. The van der Waals surface area contributed by atoms with E-state index in [1.54, 1.807) is 0 Å². The van der Waals surface area contributed by atoms with Crippen molar-refractivity contribution in [2.24, 2.45) is 0 Å². The molecule has 0 aliphatic carbocycles. The van der Waals surface area contributed by atoms with E-state index in [-0.39, 0.29) is 5.91 Å². The van der Waals surface area contributed by atoms with Gasteiger partial charge < -0.3 is 10.6 Å². The van der Waals surface area contributed by atoms with Gasteiger partial charge in [-0.1, -0.05) is 13.0 Å². The zero-order chi connectivity index (χ0) is 12.1. The Morgan fingerprint density at radius 2 is 2.29 bits per heavy atom. The Bertz CT molecular complexity index is 389. The molecule has 1 saturated heterocycles. The molecule has 1 fully saturated rings. The fourth-order valence-corrected chi connectivity index (χ4v) is 2.97. The van der Waals surface area contributed by atoms with Crippen molar-refractivity contribution in [1.82, 2.24) is 0 Å². The van der Waals surface area contributed by atoms with Gasteiger partial charge in [-0.05, 0) is 30.4 Å². The van der Waals surface area contributed by atoms with Crippen LogP contribution >= 0.6 is 11.8 Å². The molecule has 1 aromatic rings. The fraction of sp³-hybridized carbons (Fsp3) is 0.462. The van der Waals surface area contributed by atoms with E-state index < -0.39 is 0 Å². The van der Waals surface area contributed by atoms with Gasteiger partial charge in [-0.15, -0.1) is 0 Å². The van der Waals surface area contributed by atoms with Crippen LogP contribution in [0.25, 0.3) is 0 Å². The van der Waals surface area contributed by atoms with Gasteiger partial charge in [0.1, 0.15) is 0 Å². The lowest BCUT2D eigenvalue weighted by atomic mass is 10.2. The minimum absolute atomic E-state index is 0.0542. The van der Waals surface area contributed by atoms with Crippen molar-refractivity contribution in [2.45, 2.75) is 25.8 Å². The summed E-state index contributed by atoms with van der Waals surface area (Å²) < 4.78 is 0. The van der Waals surface area contributed by atoms with Gasteiger partial charge in [0.2, 0.25) is 5.91 Å². The molecule has 2 rings (SSSR count). The molecule has 0 aromatic heterocycles. The van der Waals surface area contributed by atoms with Gasteiger partial charge >= 0.3 is 0 Å². The Kier molecular flexibility index (Phi) is 4.31. The number of amides is 1. The van der Waals surface area contributed by atoms with Crippen molar-refractivity contribution in [3.8, 4) is 0 Å². The molecule has 92 valence electrons. The van der Waals surface area contributed by atoms with Gasteiger partial charge in [-0.3, -0.25) is 4.79 Å². The van der Waals surface area contributed by atoms with Crippen molar-refractivity contribution >= 4 is 29.0 Å². The number of hydrogen-bond acceptors (Lipinski definition) is 3. The molecular formula is C13H18N2OS. The van der Waals surface area contributed by atoms with Crippen LogP contribution in [0, 0.1) is 0 Å². The van der Waals surface area contributed by atoms with Gasteiger partial charge in [0.15, 0.2) is 0 Å². The third kappa shape index (κ3) is 3.66. The molecule has 4 heteroatoms. The van der Waals surface area contributed by atoms with Gasteiger partial charge in [-0.2, -0.15) is 11.8 Å². The quantitative estimate of drug-likeness (QED) is 0.863. The first kappa shape index (κ1) is 12.3. The van der Waals surface area contributed by atoms with E-state index in [1.165, 1.54) is 17.9 Å². The summed E-state index contributed by atoms with van der Waals surface area (Å²) in [7, 11) is 0. The zero-order valence-electron chi connectivity index (χ0n) is 10.0. The van der Waals surface area contributed by atoms with Crippen LogP contribution in [0.1, 0.15) is 19.8 Å². The van der Waals surface area contributed by atoms with Gasteiger partial charge in [0.25, 0.3) is 0 Å². The van der Waals surface area contributed by atoms with Crippen LogP contribution in [0.2, 0.25) is 0 Å². The van der Waals surface area contributed by atoms with Gasteiger partial charge in [0, 0.05) is 29.6 Å². The van der Waals surface area contributed by atoms with E-state index in [0.29, 0.717) is 12.5 Å². The average molecular weight is 250 g/mol. The van der Waals surface area contributed by atoms with E-state index in [0.717, 1.165) is 11.4 Å². The Morgan fingerprint density at radius 3 is 3.00 bits per heavy atom. The summed E-state index contributed by atoms with van der Waals surface area (Å²) in [6.07, 6.45) is 1.73. The Balaban J connectivity index is 1.97. The maximum Gasteiger partial charge on any atom is 0.224 e. The van der Waals surface area contributed by atoms with Gasteiger partial charge in [-0.25, -0.2) is 0 Å². The first-order valence-electron chi connectivity index (χ1n) is 6.02. The number of rotatable bonds is 4. The molecule has 1 aromatic carbocycles. The van der Waals surface area contributed by atoms with Crippen LogP contribution in [0.3, 0.4) is 0 Å². The fourth-order valence-electron chi connectivity index (χ4n) is 1.82. The van der Waals surface area contributed by atoms with E-state index in [9.17, 15) is 4.79 Å². The normalized spacial score (nSPS) is 19.0. The Hall–Kier alpha value is -1.16. The highest BCUT2D eigenvalue weighted by Gasteiger charge is 2.14. The molecule has 0 saturated carbocycles. The van der Waals surface area contributed by atoms with Crippen LogP contribution in [0.4, 0.5) is 11.4 Å². The van der Waals surface area contributed by atoms with E-state index in [1.807, 2.05) is 43.0 Å². The maximum atomic E-state index is 11.3. The second kappa shape index (κ2) is 5.96. The lowest BCUT2D eigenvalue weighted by Gasteiger charge is -2.14. The summed E-state index contributed by atoms with van der Waals surface area (Å²) in [5, 5.41) is 6.37. The number of nitrogens with one attached hydrogen (secondary N) is 2. The molecule has 0 spiro atoms. The second-order valence-corrected chi connectivity index (χ2v) is 5.34. The molecule has 2 N–H and O–H groups in total. The molecule has 3 nitrogen and oxygen atoms in total. The lowest BCUT2D eigenvalue weighted by Crippen LogP contribution is -2.18. The molecule has 1 amide bonds. The number of carbonyl (C=O) groups is 1. The molecule has 1 heterocycles. The second-order valence-electron chi connectivity index (χ2n) is 4.19. The Morgan fingerprint density at radius 1 is 1.47 bits per heavy atom. The summed E-state index contributed by atoms with van der Waals surface area (Å²) in [5.41, 5.74) is 1.96. The third-order valence-electron chi connectivity index (χ3n) is 2.77. The highest BCUT2D eigenvalue weighted by atomic mass is 32.2. The van der Waals surface area contributed by atoms with E-state index in [4.69, 9.17) is 0 Å². The maximum absolute atomic E-state index is 11.3. The van der Waals surface area contributed by atoms with Crippen LogP contribution in [0.5, 0.6) is 0 Å². The summed E-state index contributed by atoms with van der Waals surface area (Å²) in [5.74, 6) is 2.47. The SMILES string of the molecule is CCC(=O)Nc1cccc(NC2CCSC2)c1. The molecule has 1 unspecified atom stereocenters. The molecule has 0 bridgehead atoms. The number of hydrogen-bond donors (Lipinski definition) is 2. The minimum atomic E-state index is 0.0542. The summed E-state index contributed by atoms with van der Waals surface area (Å²) in [6, 6.07) is 8.50. The van der Waals surface area contributed by atoms with Crippen LogP contribution in [-0.4, -0.2) is 23.5 Å². The third-order valence-corrected chi connectivity index (χ3v) is 3.93. The zero-order valence-corrected chi connectivity index (χ0v) is 10.8. The first-order chi connectivity index (χ1) is 8.28. The first-order valence-corrected chi connectivity index (χ1v) is 7.17. The summed E-state index contributed by atoms with van der Waals surface area (Å²) >= 11 is 1.99. The number of thioether (sulfide) groups is 1. The molecule has 1 atom stereocenters. The monoisotopic (exact) mass is 250 g/mol. The average Bonchev–Trinajstić information content (AvgIpc) is 2.82. The molecule has 1 aliphatic heterocycles. The van der Waals surface area contributed by atoms with Gasteiger partial charge in [0.05, 0.1) is 0 Å². The predicted molar refractivity (Wildman–Crippen MR) is 74.7 cm³/mol. The number of benzene rings is 1. The van der Waals surface area contributed by atoms with Crippen LogP contribution in [-0.2, 0) is 4.79 Å². The van der Waals surface area contributed by atoms with Crippen molar-refractivity contribution in [3.05, 3.63) is 24.3 Å². The minimum Gasteiger partial charge on any atom is -0.381 e. The highest BCUT2D eigenvalue weighted by molar-refractivity contribution is 7.99. The summed E-state index contributed by atoms with van der Waals surface area (Å²) in [6.45, 7) is 1.85. The molecular weight excluding hydrogens is 232 g/mol. The Labute approximate surface area is 106 Å². The van der Waals surface area contributed by atoms with E-state index >= 15 is 0 Å². The number of carbonyl (C=O) groups excluding carboxylic acids is 1. The topological polar surface area (TPSA) is 41.1 Å². The van der Waals surface area contributed by atoms with Crippen molar-refractivity contribution < 1.29 is 4.79 Å². The predicted octanol–water partition coefficient (Wildman–Crippen LogP) is 2.95. The smallest absolute Gasteiger partial charge is 0.224 e. The lowest BCUT2D eigenvalue weighted by molar-refractivity contribution is -0.115. The van der Waals surface area contributed by atoms with Crippen molar-refractivity contribution in [3.63, 3.8) is 0 Å². The van der Waals surface area contributed by atoms with Crippen LogP contribution in [0.15, 0.2) is 24.3 Å². The van der Waals surface area contributed by atoms with Crippen molar-refractivity contribution in [1.29, 1.82) is 0 Å². The molecule has 0 radical (unpaired) electrons. The standard InChI is InChI=1S/C13H18N2OS/c1-2-13(16)15-11-5-3-4-10(8-11)14-12-6-7-17-9-12/h3-5,8,12,14H,2,6-7,9H2,1H3,(H,15,16). The van der Waals surface area contributed by atoms with Crippen LogP contribution < -0.4 is 10.6 Å². The molecule has 1 aliphatic rings. The van der Waals surface area contributed by atoms with E-state index in [2.05, 4.69) is 10.6 Å². The number of anilines is 2. The highest BCUT2D eigenvalue weighted by Crippen LogP contribution is 2.23.